The molecule has 21 heavy (non-hydrogen) atoms. The fourth-order valence-corrected chi connectivity index (χ4v) is 4.17. The lowest BCUT2D eigenvalue weighted by Gasteiger charge is -2.16. The fraction of sp³-hybridized carbons (Fsp3) is 0.143. The van der Waals surface area contributed by atoms with E-state index in [0.29, 0.717) is 5.69 Å². The zero-order valence-corrected chi connectivity index (χ0v) is 13.6. The molecule has 0 aliphatic rings. The second-order valence-corrected chi connectivity index (χ2v) is 7.12. The Labute approximate surface area is 131 Å². The summed E-state index contributed by atoms with van der Waals surface area (Å²) >= 11 is 3.06. The van der Waals surface area contributed by atoms with Gasteiger partial charge < -0.3 is 5.73 Å². The van der Waals surface area contributed by atoms with Gasteiger partial charge in [-0.3, -0.25) is 0 Å². The minimum absolute atomic E-state index is 0.0142. The van der Waals surface area contributed by atoms with Crippen molar-refractivity contribution in [3.63, 3.8) is 0 Å². The average molecular weight is 373 g/mol. The molecule has 2 rings (SSSR count). The number of nitrogens with one attached hydrogen (secondary N) is 1. The highest BCUT2D eigenvalue weighted by atomic mass is 79.9. The highest BCUT2D eigenvalue weighted by Crippen LogP contribution is 2.25. The van der Waals surface area contributed by atoms with Crippen LogP contribution in [-0.4, -0.2) is 8.42 Å². The van der Waals surface area contributed by atoms with Crippen LogP contribution in [0.4, 0.5) is 10.1 Å². The Balaban J connectivity index is 2.29. The number of hydrogen-bond donors (Lipinski definition) is 2. The van der Waals surface area contributed by atoms with Crippen molar-refractivity contribution in [2.24, 2.45) is 0 Å². The molecule has 2 aromatic rings. The number of nitrogen functional groups attached to an aromatic ring is 1. The zero-order valence-electron chi connectivity index (χ0n) is 11.2. The Bertz CT molecular complexity index is 765. The lowest BCUT2D eigenvalue weighted by molar-refractivity contribution is 0.565. The van der Waals surface area contributed by atoms with Crippen molar-refractivity contribution in [3.8, 4) is 0 Å². The van der Waals surface area contributed by atoms with Gasteiger partial charge in [0, 0.05) is 16.2 Å². The molecule has 0 bridgehead atoms. The van der Waals surface area contributed by atoms with E-state index in [-0.39, 0.29) is 9.37 Å². The SMILES string of the molecule is CC(NS(=O)(=O)c1ccc(F)cc1Br)c1cccc(N)c1. The van der Waals surface area contributed by atoms with Crippen LogP contribution >= 0.6 is 15.9 Å². The Morgan fingerprint density at radius 2 is 1.95 bits per heavy atom. The van der Waals surface area contributed by atoms with Crippen LogP contribution in [0.3, 0.4) is 0 Å². The van der Waals surface area contributed by atoms with Gasteiger partial charge in [0.1, 0.15) is 5.82 Å². The third-order valence-corrected chi connectivity index (χ3v) is 5.44. The highest BCUT2D eigenvalue weighted by Gasteiger charge is 2.21. The first-order valence-electron chi connectivity index (χ1n) is 6.12. The molecule has 1 atom stereocenters. The molecular formula is C14H14BrFN2O2S. The van der Waals surface area contributed by atoms with Crippen LogP contribution in [-0.2, 0) is 10.0 Å². The summed E-state index contributed by atoms with van der Waals surface area (Å²) in [5.41, 5.74) is 6.99. The van der Waals surface area contributed by atoms with E-state index < -0.39 is 21.9 Å². The first kappa shape index (κ1) is 15.9. The molecule has 7 heteroatoms. The molecule has 0 fully saturated rings. The highest BCUT2D eigenvalue weighted by molar-refractivity contribution is 9.10. The van der Waals surface area contributed by atoms with Gasteiger partial charge in [0.25, 0.3) is 0 Å². The average Bonchev–Trinajstić information content (AvgIpc) is 2.37. The number of hydrogen-bond acceptors (Lipinski definition) is 3. The molecule has 0 aromatic heterocycles. The fourth-order valence-electron chi connectivity index (χ4n) is 1.89. The standard InChI is InChI=1S/C14H14BrFN2O2S/c1-9(10-3-2-4-12(17)7-10)18-21(19,20)14-6-5-11(16)8-13(14)15/h2-9,18H,17H2,1H3. The van der Waals surface area contributed by atoms with Gasteiger partial charge in [0.05, 0.1) is 4.90 Å². The molecule has 112 valence electrons. The smallest absolute Gasteiger partial charge is 0.242 e. The lowest BCUT2D eigenvalue weighted by atomic mass is 10.1. The first-order valence-corrected chi connectivity index (χ1v) is 8.40. The predicted molar refractivity (Wildman–Crippen MR) is 83.7 cm³/mol. The minimum Gasteiger partial charge on any atom is -0.399 e. The summed E-state index contributed by atoms with van der Waals surface area (Å²) in [6.07, 6.45) is 0. The van der Waals surface area contributed by atoms with Crippen molar-refractivity contribution in [2.45, 2.75) is 17.9 Å². The predicted octanol–water partition coefficient (Wildman–Crippen LogP) is 3.21. The van der Waals surface area contributed by atoms with Crippen LogP contribution in [0.5, 0.6) is 0 Å². The monoisotopic (exact) mass is 372 g/mol. The number of halogens is 2. The van der Waals surface area contributed by atoms with E-state index in [1.54, 1.807) is 31.2 Å². The van der Waals surface area contributed by atoms with Crippen molar-refractivity contribution in [3.05, 3.63) is 58.3 Å². The van der Waals surface area contributed by atoms with Crippen molar-refractivity contribution < 1.29 is 12.8 Å². The Morgan fingerprint density at radius 1 is 1.24 bits per heavy atom. The van der Waals surface area contributed by atoms with Gasteiger partial charge in [-0.15, -0.1) is 0 Å². The second kappa shape index (κ2) is 6.13. The molecule has 0 radical (unpaired) electrons. The quantitative estimate of drug-likeness (QED) is 0.809. The Kier molecular flexibility index (Phi) is 4.65. The first-order chi connectivity index (χ1) is 9.79. The summed E-state index contributed by atoms with van der Waals surface area (Å²) in [4.78, 5) is -0.0142. The number of anilines is 1. The van der Waals surface area contributed by atoms with Crippen LogP contribution in [0.2, 0.25) is 0 Å². The normalized spacial score (nSPS) is 13.1. The van der Waals surface area contributed by atoms with E-state index >= 15 is 0 Å². The van der Waals surface area contributed by atoms with Crippen molar-refractivity contribution in [2.75, 3.05) is 5.73 Å². The van der Waals surface area contributed by atoms with E-state index in [2.05, 4.69) is 20.7 Å². The summed E-state index contributed by atoms with van der Waals surface area (Å²) in [5, 5.41) is 0. The largest absolute Gasteiger partial charge is 0.399 e. The van der Waals surface area contributed by atoms with Crippen LogP contribution in [0.1, 0.15) is 18.5 Å². The molecule has 0 amide bonds. The summed E-state index contributed by atoms with van der Waals surface area (Å²) in [7, 11) is -3.77. The van der Waals surface area contributed by atoms with E-state index in [4.69, 9.17) is 5.73 Å². The summed E-state index contributed by atoms with van der Waals surface area (Å²) in [6.45, 7) is 1.71. The van der Waals surface area contributed by atoms with E-state index in [9.17, 15) is 12.8 Å². The Hall–Kier alpha value is -1.44. The maximum Gasteiger partial charge on any atom is 0.242 e. The van der Waals surface area contributed by atoms with Gasteiger partial charge in [-0.25, -0.2) is 17.5 Å². The molecule has 0 saturated carbocycles. The van der Waals surface area contributed by atoms with Crippen molar-refractivity contribution >= 4 is 31.6 Å². The van der Waals surface area contributed by atoms with Gasteiger partial charge in [0.2, 0.25) is 10.0 Å². The van der Waals surface area contributed by atoms with E-state index in [1.165, 1.54) is 6.07 Å². The summed E-state index contributed by atoms with van der Waals surface area (Å²) in [5.74, 6) is -0.510. The molecule has 0 saturated heterocycles. The Morgan fingerprint density at radius 3 is 2.57 bits per heavy atom. The summed E-state index contributed by atoms with van der Waals surface area (Å²) < 4.78 is 40.4. The molecule has 4 nitrogen and oxygen atoms in total. The van der Waals surface area contributed by atoms with Crippen molar-refractivity contribution in [1.29, 1.82) is 0 Å². The minimum atomic E-state index is -3.77. The van der Waals surface area contributed by atoms with Crippen LogP contribution in [0.25, 0.3) is 0 Å². The third kappa shape index (κ3) is 3.81. The molecule has 2 aromatic carbocycles. The maximum absolute atomic E-state index is 13.0. The molecule has 0 aliphatic carbocycles. The van der Waals surface area contributed by atoms with Gasteiger partial charge >= 0.3 is 0 Å². The van der Waals surface area contributed by atoms with Crippen LogP contribution in [0, 0.1) is 5.82 Å². The van der Waals surface area contributed by atoms with E-state index in [1.807, 2.05) is 0 Å². The number of nitrogens with two attached hydrogens (primary N) is 1. The summed E-state index contributed by atoms with van der Waals surface area (Å²) in [6, 6.07) is 9.93. The third-order valence-electron chi connectivity index (χ3n) is 2.93. The molecule has 0 spiro atoms. The number of benzene rings is 2. The van der Waals surface area contributed by atoms with Gasteiger partial charge in [-0.05, 0) is 58.7 Å². The van der Waals surface area contributed by atoms with Crippen LogP contribution < -0.4 is 10.5 Å². The second-order valence-electron chi connectivity index (χ2n) is 4.59. The molecule has 3 N–H and O–H groups in total. The topological polar surface area (TPSA) is 72.2 Å². The molecule has 1 unspecified atom stereocenters. The number of rotatable bonds is 4. The van der Waals surface area contributed by atoms with Gasteiger partial charge in [0.15, 0.2) is 0 Å². The molecule has 0 aliphatic heterocycles. The van der Waals surface area contributed by atoms with E-state index in [0.717, 1.165) is 17.7 Å². The maximum atomic E-state index is 13.0. The van der Waals surface area contributed by atoms with Crippen molar-refractivity contribution in [1.82, 2.24) is 4.72 Å². The zero-order chi connectivity index (χ0) is 15.6. The van der Waals surface area contributed by atoms with Gasteiger partial charge in [-0.2, -0.15) is 0 Å². The molecule has 0 heterocycles. The number of sulfonamides is 1. The molecular weight excluding hydrogens is 359 g/mol. The van der Waals surface area contributed by atoms with Crippen LogP contribution in [0.15, 0.2) is 51.8 Å². The lowest BCUT2D eigenvalue weighted by Crippen LogP contribution is -2.27. The van der Waals surface area contributed by atoms with Gasteiger partial charge in [-0.1, -0.05) is 12.1 Å².